The third-order valence-corrected chi connectivity index (χ3v) is 9.89. The van der Waals surface area contributed by atoms with E-state index in [1.54, 1.807) is 0 Å². The summed E-state index contributed by atoms with van der Waals surface area (Å²) in [5.41, 5.74) is 13.1. The first kappa shape index (κ1) is 30.4. The average molecular weight is 650 g/mol. The van der Waals surface area contributed by atoms with Crippen LogP contribution in [0.1, 0.15) is 0 Å². The zero-order chi connectivity index (χ0) is 34.0. The molecule has 0 aliphatic carbocycles. The summed E-state index contributed by atoms with van der Waals surface area (Å²) >= 11 is 0. The molecular weight excluding hydrogens is 615 g/mol. The van der Waals surface area contributed by atoms with Gasteiger partial charge in [-0.2, -0.15) is 0 Å². The smallest absolute Gasteiger partial charge is 0.0546 e. The highest BCUT2D eigenvalue weighted by Crippen LogP contribution is 2.42. The second-order valence-electron chi connectivity index (χ2n) is 13.0. The molecule has 0 N–H and O–H groups in total. The Hall–Kier alpha value is -6.70. The van der Waals surface area contributed by atoms with Crippen molar-refractivity contribution in [2.45, 2.75) is 0 Å². The molecule has 0 aliphatic heterocycles. The van der Waals surface area contributed by atoms with Gasteiger partial charge < -0.3 is 4.90 Å². The van der Waals surface area contributed by atoms with E-state index in [9.17, 15) is 0 Å². The van der Waals surface area contributed by atoms with Crippen molar-refractivity contribution in [2.24, 2.45) is 0 Å². The molecule has 0 unspecified atom stereocenters. The summed E-state index contributed by atoms with van der Waals surface area (Å²) in [6.45, 7) is 0. The molecule has 9 rings (SSSR count). The van der Waals surface area contributed by atoms with Gasteiger partial charge >= 0.3 is 0 Å². The van der Waals surface area contributed by atoms with Gasteiger partial charge in [-0.25, -0.2) is 0 Å². The molecule has 1 heteroatoms. The van der Waals surface area contributed by atoms with Crippen molar-refractivity contribution in [3.63, 3.8) is 0 Å². The quantitative estimate of drug-likeness (QED) is 0.155. The third kappa shape index (κ3) is 5.96. The Morgan fingerprint density at radius 3 is 1.06 bits per heavy atom. The zero-order valence-corrected chi connectivity index (χ0v) is 28.2. The number of hydrogen-bond acceptors (Lipinski definition) is 1. The third-order valence-electron chi connectivity index (χ3n) is 9.89. The van der Waals surface area contributed by atoms with Crippen LogP contribution in [-0.2, 0) is 0 Å². The van der Waals surface area contributed by atoms with Crippen LogP contribution in [0.4, 0.5) is 17.1 Å². The fourth-order valence-electron chi connectivity index (χ4n) is 7.23. The number of hydrogen-bond donors (Lipinski definition) is 0. The van der Waals surface area contributed by atoms with Crippen molar-refractivity contribution < 1.29 is 0 Å². The van der Waals surface area contributed by atoms with Crippen LogP contribution in [0, 0.1) is 0 Å². The summed E-state index contributed by atoms with van der Waals surface area (Å²) in [7, 11) is 0. The monoisotopic (exact) mass is 649 g/mol. The van der Waals surface area contributed by atoms with Gasteiger partial charge in [0.2, 0.25) is 0 Å². The minimum absolute atomic E-state index is 1.11. The van der Waals surface area contributed by atoms with Gasteiger partial charge in [0.1, 0.15) is 0 Å². The van der Waals surface area contributed by atoms with E-state index < -0.39 is 0 Å². The van der Waals surface area contributed by atoms with Gasteiger partial charge in [0.15, 0.2) is 0 Å². The highest BCUT2D eigenvalue weighted by atomic mass is 15.1. The molecule has 0 aromatic heterocycles. The fraction of sp³-hybridized carbons (Fsp3) is 0. The Labute approximate surface area is 299 Å². The second-order valence-corrected chi connectivity index (χ2v) is 13.0. The molecule has 9 aromatic carbocycles. The van der Waals surface area contributed by atoms with Gasteiger partial charge in [-0.1, -0.05) is 182 Å². The summed E-state index contributed by atoms with van der Waals surface area (Å²) in [6.07, 6.45) is 0. The Balaban J connectivity index is 1.11. The van der Waals surface area contributed by atoms with E-state index in [2.05, 4.69) is 217 Å². The molecule has 9 aromatic rings. The van der Waals surface area contributed by atoms with Crippen LogP contribution in [-0.4, -0.2) is 0 Å². The average Bonchev–Trinajstić information content (AvgIpc) is 3.22. The van der Waals surface area contributed by atoms with Crippen LogP contribution < -0.4 is 4.90 Å². The van der Waals surface area contributed by atoms with E-state index in [-0.39, 0.29) is 0 Å². The summed E-state index contributed by atoms with van der Waals surface area (Å²) < 4.78 is 0. The van der Waals surface area contributed by atoms with E-state index in [4.69, 9.17) is 0 Å². The standard InChI is InChI=1S/C50H35N/c1-3-10-36(11-4-1)38-18-22-40(23-19-38)42-28-32-46(33-29-42)51(49-17-9-15-45-27-26-44-14-7-8-16-48(44)50(45)49)47-34-30-43(31-35-47)41-24-20-39(21-25-41)37-12-5-2-6-13-37/h1-35H. The van der Waals surface area contributed by atoms with Crippen molar-refractivity contribution in [3.05, 3.63) is 212 Å². The lowest BCUT2D eigenvalue weighted by Crippen LogP contribution is -2.10. The molecule has 0 aliphatic rings. The summed E-state index contributed by atoms with van der Waals surface area (Å²) in [5, 5.41) is 4.96. The van der Waals surface area contributed by atoms with Crippen LogP contribution in [0.15, 0.2) is 212 Å². The lowest BCUT2D eigenvalue weighted by Gasteiger charge is -2.28. The van der Waals surface area contributed by atoms with Crippen molar-refractivity contribution in [1.82, 2.24) is 0 Å². The summed E-state index contributed by atoms with van der Waals surface area (Å²) in [6, 6.07) is 76.6. The van der Waals surface area contributed by atoms with E-state index in [0.29, 0.717) is 0 Å². The van der Waals surface area contributed by atoms with Gasteiger partial charge in [0.25, 0.3) is 0 Å². The van der Waals surface area contributed by atoms with Gasteiger partial charge in [0, 0.05) is 16.8 Å². The Morgan fingerprint density at radius 1 is 0.235 bits per heavy atom. The molecule has 0 radical (unpaired) electrons. The minimum atomic E-state index is 1.11. The summed E-state index contributed by atoms with van der Waals surface area (Å²) in [4.78, 5) is 2.40. The Bertz CT molecular complexity index is 2440. The first-order valence-electron chi connectivity index (χ1n) is 17.5. The number of fused-ring (bicyclic) bond motifs is 3. The highest BCUT2D eigenvalue weighted by molar-refractivity contribution is 6.15. The fourth-order valence-corrected chi connectivity index (χ4v) is 7.23. The normalized spacial score (nSPS) is 11.1. The molecule has 0 fully saturated rings. The van der Waals surface area contributed by atoms with Crippen LogP contribution >= 0.6 is 0 Å². The zero-order valence-electron chi connectivity index (χ0n) is 28.2. The van der Waals surface area contributed by atoms with Crippen LogP contribution in [0.3, 0.4) is 0 Å². The first-order valence-corrected chi connectivity index (χ1v) is 17.5. The minimum Gasteiger partial charge on any atom is -0.310 e. The number of anilines is 3. The van der Waals surface area contributed by atoms with Crippen molar-refractivity contribution in [2.75, 3.05) is 4.90 Å². The molecular formula is C50H35N. The molecule has 0 bridgehead atoms. The molecule has 0 spiro atoms. The maximum absolute atomic E-state index is 2.40. The largest absolute Gasteiger partial charge is 0.310 e. The number of benzene rings is 9. The predicted octanol–water partition coefficient (Wildman–Crippen LogP) is 14.1. The molecule has 0 heterocycles. The topological polar surface area (TPSA) is 3.24 Å². The van der Waals surface area contributed by atoms with Crippen LogP contribution in [0.2, 0.25) is 0 Å². The van der Waals surface area contributed by atoms with Crippen LogP contribution in [0.5, 0.6) is 0 Å². The molecule has 240 valence electrons. The number of nitrogens with zero attached hydrogens (tertiary/aromatic N) is 1. The van der Waals surface area contributed by atoms with E-state index in [1.807, 2.05) is 0 Å². The van der Waals surface area contributed by atoms with Crippen molar-refractivity contribution >= 4 is 38.6 Å². The molecule has 0 amide bonds. The van der Waals surface area contributed by atoms with E-state index >= 15 is 0 Å². The maximum Gasteiger partial charge on any atom is 0.0546 e. The highest BCUT2D eigenvalue weighted by Gasteiger charge is 2.17. The second kappa shape index (κ2) is 13.3. The molecule has 0 saturated heterocycles. The van der Waals surface area contributed by atoms with E-state index in [0.717, 1.165) is 17.1 Å². The van der Waals surface area contributed by atoms with Gasteiger partial charge in [-0.15, -0.1) is 0 Å². The number of rotatable bonds is 7. The van der Waals surface area contributed by atoms with Crippen molar-refractivity contribution in [3.8, 4) is 44.5 Å². The lowest BCUT2D eigenvalue weighted by atomic mass is 9.98. The molecule has 0 atom stereocenters. The summed E-state index contributed by atoms with van der Waals surface area (Å²) in [5.74, 6) is 0. The van der Waals surface area contributed by atoms with Gasteiger partial charge in [0.05, 0.1) is 5.69 Å². The molecule has 51 heavy (non-hydrogen) atoms. The lowest BCUT2D eigenvalue weighted by molar-refractivity contribution is 1.30. The predicted molar refractivity (Wildman–Crippen MR) is 218 cm³/mol. The van der Waals surface area contributed by atoms with Gasteiger partial charge in [-0.3, -0.25) is 0 Å². The first-order chi connectivity index (χ1) is 25.3. The Morgan fingerprint density at radius 2 is 0.588 bits per heavy atom. The van der Waals surface area contributed by atoms with E-state index in [1.165, 1.54) is 66.1 Å². The maximum atomic E-state index is 2.40. The molecule has 0 saturated carbocycles. The molecule has 1 nitrogen and oxygen atoms in total. The Kier molecular flexibility index (Phi) is 7.92. The SMILES string of the molecule is c1ccc(-c2ccc(-c3ccc(N(c4ccc(-c5ccc(-c6ccccc6)cc5)cc4)c4cccc5ccc6ccccc6c45)cc3)cc2)cc1. The van der Waals surface area contributed by atoms with Crippen molar-refractivity contribution in [1.29, 1.82) is 0 Å². The van der Waals surface area contributed by atoms with Crippen LogP contribution in [0.25, 0.3) is 66.1 Å². The van der Waals surface area contributed by atoms with Gasteiger partial charge in [-0.05, 0) is 91.0 Å².